The molecule has 4 rings (SSSR count). The molecule has 0 fully saturated rings. The monoisotopic (exact) mass is 544 g/mol. The molecule has 198 valence electrons. The van der Waals surface area contributed by atoms with Crippen molar-refractivity contribution >= 4 is 35.1 Å². The number of nitrogens with zero attached hydrogens (tertiary/aromatic N) is 5. The Morgan fingerprint density at radius 3 is 2.21 bits per heavy atom. The molecule has 0 spiro atoms. The standard InChI is InChI=1S/C27H24N6O5S/c1-18-5-3-4-6-21(18)17-39-27-30-29-26(31(27)22-12-14-24(15-13-22)33(37)38)19(2)28-25(34)16-9-20-7-10-23(11-8-20)32(35)36/h3-16,19H,17H2,1-2H3,(H,28,34)/b16-9+. The second-order valence-electron chi connectivity index (χ2n) is 8.58. The van der Waals surface area contributed by atoms with Gasteiger partial charge in [0, 0.05) is 41.8 Å². The SMILES string of the molecule is Cc1ccccc1CSc1nnc(C(C)NC(=O)/C=C/c2ccc([N+](=O)[O-])cc2)n1-c1ccc([N+](=O)[O-])cc1. The minimum absolute atomic E-state index is 0.0353. The molecular formula is C27H24N6O5S. The van der Waals surface area contributed by atoms with E-state index >= 15 is 0 Å². The fraction of sp³-hybridized carbons (Fsp3) is 0.148. The summed E-state index contributed by atoms with van der Waals surface area (Å²) in [4.78, 5) is 33.7. The van der Waals surface area contributed by atoms with Crippen molar-refractivity contribution in [2.75, 3.05) is 0 Å². The first kappa shape index (κ1) is 27.2. The van der Waals surface area contributed by atoms with Crippen LogP contribution in [-0.2, 0) is 10.5 Å². The van der Waals surface area contributed by atoms with Crippen LogP contribution in [0.3, 0.4) is 0 Å². The number of non-ortho nitro benzene ring substituents is 2. The Labute approximate surface area is 227 Å². The first-order valence-corrected chi connectivity index (χ1v) is 12.8. The maximum absolute atomic E-state index is 12.7. The van der Waals surface area contributed by atoms with Crippen molar-refractivity contribution < 1.29 is 14.6 Å². The number of rotatable bonds is 10. The third-order valence-electron chi connectivity index (χ3n) is 5.87. The smallest absolute Gasteiger partial charge is 0.269 e. The second kappa shape index (κ2) is 12.1. The van der Waals surface area contributed by atoms with Crippen molar-refractivity contribution in [3.8, 4) is 5.69 Å². The van der Waals surface area contributed by atoms with Crippen LogP contribution >= 0.6 is 11.8 Å². The van der Waals surface area contributed by atoms with Crippen LogP contribution in [0.2, 0.25) is 0 Å². The molecule has 1 N–H and O–H groups in total. The molecule has 0 bridgehead atoms. The van der Waals surface area contributed by atoms with Gasteiger partial charge in [-0.25, -0.2) is 0 Å². The van der Waals surface area contributed by atoms with Crippen LogP contribution in [-0.4, -0.2) is 30.5 Å². The normalized spacial score (nSPS) is 11.8. The number of aromatic nitrogens is 3. The zero-order valence-electron chi connectivity index (χ0n) is 21.1. The lowest BCUT2D eigenvalue weighted by Gasteiger charge is -2.16. The molecule has 1 heterocycles. The zero-order valence-corrected chi connectivity index (χ0v) is 21.9. The average Bonchev–Trinajstić information content (AvgIpc) is 3.36. The number of hydrogen-bond acceptors (Lipinski definition) is 8. The third-order valence-corrected chi connectivity index (χ3v) is 6.85. The Hall–Kier alpha value is -4.84. The highest BCUT2D eigenvalue weighted by Gasteiger charge is 2.21. The van der Waals surface area contributed by atoms with Gasteiger partial charge in [0.2, 0.25) is 5.91 Å². The van der Waals surface area contributed by atoms with Gasteiger partial charge in [-0.1, -0.05) is 36.0 Å². The summed E-state index contributed by atoms with van der Waals surface area (Å²) in [6.07, 6.45) is 2.88. The zero-order chi connectivity index (χ0) is 27.9. The highest BCUT2D eigenvalue weighted by Crippen LogP contribution is 2.29. The molecule has 12 heteroatoms. The highest BCUT2D eigenvalue weighted by molar-refractivity contribution is 7.98. The number of carbonyl (C=O) groups is 1. The van der Waals surface area contributed by atoms with E-state index in [1.165, 1.54) is 42.1 Å². The van der Waals surface area contributed by atoms with Crippen LogP contribution in [0.15, 0.2) is 84.0 Å². The Morgan fingerprint density at radius 1 is 0.974 bits per heavy atom. The number of aryl methyl sites for hydroxylation is 1. The number of nitrogens with one attached hydrogen (secondary N) is 1. The van der Waals surface area contributed by atoms with Crippen LogP contribution in [0.25, 0.3) is 11.8 Å². The van der Waals surface area contributed by atoms with Crippen molar-refractivity contribution in [3.05, 3.63) is 122 Å². The number of benzene rings is 3. The molecule has 0 aliphatic carbocycles. The number of nitro groups is 2. The molecule has 0 aliphatic heterocycles. The molecule has 11 nitrogen and oxygen atoms in total. The van der Waals surface area contributed by atoms with Crippen molar-refractivity contribution in [3.63, 3.8) is 0 Å². The third kappa shape index (κ3) is 6.73. The van der Waals surface area contributed by atoms with E-state index in [0.29, 0.717) is 28.0 Å². The molecule has 39 heavy (non-hydrogen) atoms. The van der Waals surface area contributed by atoms with E-state index in [0.717, 1.165) is 11.1 Å². The van der Waals surface area contributed by atoms with Crippen molar-refractivity contribution in [2.45, 2.75) is 30.8 Å². The van der Waals surface area contributed by atoms with Gasteiger partial charge in [0.05, 0.1) is 15.9 Å². The summed E-state index contributed by atoms with van der Waals surface area (Å²) in [7, 11) is 0. The quantitative estimate of drug-likeness (QED) is 0.118. The van der Waals surface area contributed by atoms with Gasteiger partial charge in [-0.2, -0.15) is 0 Å². The summed E-state index contributed by atoms with van der Waals surface area (Å²) in [5.74, 6) is 0.692. The molecule has 3 aromatic carbocycles. The van der Waals surface area contributed by atoms with Gasteiger partial charge in [0.1, 0.15) is 0 Å². The van der Waals surface area contributed by atoms with Crippen molar-refractivity contribution in [1.82, 2.24) is 20.1 Å². The number of amides is 1. The summed E-state index contributed by atoms with van der Waals surface area (Å²) < 4.78 is 1.78. The lowest BCUT2D eigenvalue weighted by Crippen LogP contribution is -2.27. The molecule has 0 aliphatic rings. The van der Waals surface area contributed by atoms with E-state index in [9.17, 15) is 25.0 Å². The largest absolute Gasteiger partial charge is 0.343 e. The summed E-state index contributed by atoms with van der Waals surface area (Å²) in [5.41, 5.74) is 3.46. The van der Waals surface area contributed by atoms with Crippen LogP contribution in [0, 0.1) is 27.2 Å². The lowest BCUT2D eigenvalue weighted by atomic mass is 10.1. The molecular weight excluding hydrogens is 520 g/mol. The summed E-state index contributed by atoms with van der Waals surface area (Å²) >= 11 is 1.47. The fourth-order valence-corrected chi connectivity index (χ4v) is 4.78. The van der Waals surface area contributed by atoms with Crippen LogP contribution in [0.4, 0.5) is 11.4 Å². The maximum atomic E-state index is 12.7. The van der Waals surface area contributed by atoms with Gasteiger partial charge in [-0.3, -0.25) is 29.6 Å². The topological polar surface area (TPSA) is 146 Å². The van der Waals surface area contributed by atoms with Crippen molar-refractivity contribution in [1.29, 1.82) is 0 Å². The minimum atomic E-state index is -0.561. The Bertz CT molecular complexity index is 1530. The molecule has 1 atom stereocenters. The van der Waals surface area contributed by atoms with Crippen molar-refractivity contribution in [2.24, 2.45) is 0 Å². The van der Waals surface area contributed by atoms with Gasteiger partial charge < -0.3 is 5.32 Å². The second-order valence-corrected chi connectivity index (χ2v) is 9.52. The van der Waals surface area contributed by atoms with E-state index in [1.54, 1.807) is 41.8 Å². The summed E-state index contributed by atoms with van der Waals surface area (Å²) in [6, 6.07) is 19.3. The van der Waals surface area contributed by atoms with E-state index in [-0.39, 0.29) is 11.4 Å². The summed E-state index contributed by atoms with van der Waals surface area (Å²) in [5, 5.41) is 34.1. The molecule has 0 radical (unpaired) electrons. The predicted molar refractivity (Wildman–Crippen MR) is 147 cm³/mol. The Balaban J connectivity index is 1.56. The lowest BCUT2D eigenvalue weighted by molar-refractivity contribution is -0.385. The Morgan fingerprint density at radius 2 is 1.59 bits per heavy atom. The number of carbonyl (C=O) groups excluding carboxylic acids is 1. The molecule has 4 aromatic rings. The van der Waals surface area contributed by atoms with Crippen LogP contribution in [0.5, 0.6) is 0 Å². The van der Waals surface area contributed by atoms with Crippen LogP contribution < -0.4 is 5.32 Å². The predicted octanol–water partition coefficient (Wildman–Crippen LogP) is 5.58. The molecule has 0 saturated heterocycles. The number of hydrogen-bond donors (Lipinski definition) is 1. The van der Waals surface area contributed by atoms with Crippen LogP contribution in [0.1, 0.15) is 35.5 Å². The van der Waals surface area contributed by atoms with Gasteiger partial charge in [-0.05, 0) is 60.9 Å². The van der Waals surface area contributed by atoms with E-state index in [4.69, 9.17) is 0 Å². The highest BCUT2D eigenvalue weighted by atomic mass is 32.2. The maximum Gasteiger partial charge on any atom is 0.269 e. The Kier molecular flexibility index (Phi) is 8.46. The van der Waals surface area contributed by atoms with Gasteiger partial charge in [0.25, 0.3) is 11.4 Å². The first-order valence-electron chi connectivity index (χ1n) is 11.8. The van der Waals surface area contributed by atoms with E-state index in [1.807, 2.05) is 31.2 Å². The van der Waals surface area contributed by atoms with Gasteiger partial charge in [-0.15, -0.1) is 10.2 Å². The molecule has 1 aromatic heterocycles. The fourth-order valence-electron chi connectivity index (χ4n) is 3.74. The molecule has 1 unspecified atom stereocenters. The molecule has 0 saturated carbocycles. The number of thioether (sulfide) groups is 1. The minimum Gasteiger partial charge on any atom is -0.343 e. The van der Waals surface area contributed by atoms with Gasteiger partial charge in [0.15, 0.2) is 11.0 Å². The number of nitro benzene ring substituents is 2. The first-order chi connectivity index (χ1) is 18.7. The molecule has 1 amide bonds. The average molecular weight is 545 g/mol. The van der Waals surface area contributed by atoms with E-state index in [2.05, 4.69) is 15.5 Å². The summed E-state index contributed by atoms with van der Waals surface area (Å²) in [6.45, 7) is 3.80. The van der Waals surface area contributed by atoms with Gasteiger partial charge >= 0.3 is 0 Å². The van der Waals surface area contributed by atoms with E-state index < -0.39 is 21.8 Å².